The molecule has 0 aromatic rings. The summed E-state index contributed by atoms with van der Waals surface area (Å²) in [5, 5.41) is 0.225. The summed E-state index contributed by atoms with van der Waals surface area (Å²) in [5.41, 5.74) is 1.56. The molecule has 2 atom stereocenters. The minimum atomic E-state index is -2.03. The largest absolute Gasteiger partial charge is 0.417 e. The lowest BCUT2D eigenvalue weighted by molar-refractivity contribution is -0.103. The number of rotatable bonds is 15. The van der Waals surface area contributed by atoms with E-state index in [0.717, 1.165) is 19.4 Å². The lowest BCUT2D eigenvalue weighted by Crippen LogP contribution is -2.52. The van der Waals surface area contributed by atoms with Gasteiger partial charge in [0.25, 0.3) is 0 Å². The predicted molar refractivity (Wildman–Crippen MR) is 135 cm³/mol. The Balaban J connectivity index is 5.34. The van der Waals surface area contributed by atoms with E-state index in [0.29, 0.717) is 16.6 Å². The Hall–Kier alpha value is 0.0138. The maximum Gasteiger partial charge on any atom is 0.201 e. The quantitative estimate of drug-likeness (QED) is 0.110. The van der Waals surface area contributed by atoms with Crippen LogP contribution < -0.4 is 0 Å². The molecule has 6 heteroatoms. The van der Waals surface area contributed by atoms with Gasteiger partial charge in [-0.1, -0.05) is 68.4 Å². The molecule has 0 amide bonds. The smallest absolute Gasteiger partial charge is 0.201 e. The first-order valence-corrected chi connectivity index (χ1v) is 16.8. The van der Waals surface area contributed by atoms with Crippen LogP contribution in [0.5, 0.6) is 0 Å². The fourth-order valence-corrected chi connectivity index (χ4v) is 10.9. The van der Waals surface area contributed by atoms with Crippen LogP contribution in [0, 0.1) is 0 Å². The Morgan fingerprint density at radius 3 is 1.80 bits per heavy atom. The van der Waals surface area contributed by atoms with Gasteiger partial charge in [-0.2, -0.15) is 0 Å². The lowest BCUT2D eigenvalue weighted by Gasteiger charge is -2.45. The molecular weight excluding hydrogens is 408 g/mol. The molecule has 0 fully saturated rings. The van der Waals surface area contributed by atoms with Gasteiger partial charge in [-0.25, -0.2) is 0 Å². The van der Waals surface area contributed by atoms with Gasteiger partial charge < -0.3 is 18.3 Å². The zero-order chi connectivity index (χ0) is 23.8. The van der Waals surface area contributed by atoms with Gasteiger partial charge in [0.15, 0.2) is 8.32 Å². The summed E-state index contributed by atoms with van der Waals surface area (Å²) in [6.45, 7) is 30.4. The summed E-state index contributed by atoms with van der Waals surface area (Å²) in [6, 6.07) is 0. The first kappa shape index (κ1) is 30.0. The molecule has 0 aromatic carbocycles. The van der Waals surface area contributed by atoms with E-state index < -0.39 is 16.6 Å². The molecule has 0 radical (unpaired) electrons. The minimum absolute atomic E-state index is 0.0754. The van der Waals surface area contributed by atoms with Crippen LogP contribution in [0.1, 0.15) is 75.2 Å². The van der Waals surface area contributed by atoms with Crippen LogP contribution in [0.3, 0.4) is 0 Å². The molecule has 180 valence electrons. The normalized spacial score (nSPS) is 15.8. The fraction of sp³-hybridized carbons (Fsp3) is 0.917. The molecule has 0 spiro atoms. The minimum Gasteiger partial charge on any atom is -0.417 e. The molecule has 0 N–H and O–H groups in total. The summed E-state index contributed by atoms with van der Waals surface area (Å²) >= 11 is 0. The van der Waals surface area contributed by atoms with Gasteiger partial charge in [0.1, 0.15) is 6.79 Å². The zero-order valence-electron chi connectivity index (χ0n) is 22.1. The molecule has 0 heterocycles. The molecule has 0 aliphatic rings. The first-order chi connectivity index (χ1) is 13.7. The predicted octanol–water partition coefficient (Wildman–Crippen LogP) is 7.52. The molecule has 4 nitrogen and oxygen atoms in total. The van der Waals surface area contributed by atoms with Crippen molar-refractivity contribution in [2.45, 2.75) is 122 Å². The van der Waals surface area contributed by atoms with E-state index in [2.05, 4.69) is 82.0 Å². The topological polar surface area (TPSA) is 36.9 Å². The van der Waals surface area contributed by atoms with Crippen molar-refractivity contribution in [2.75, 3.05) is 20.5 Å². The summed E-state index contributed by atoms with van der Waals surface area (Å²) in [4.78, 5) is 0. The van der Waals surface area contributed by atoms with Gasteiger partial charge in [-0.15, -0.1) is 6.58 Å². The van der Waals surface area contributed by atoms with Gasteiger partial charge >= 0.3 is 0 Å². The van der Waals surface area contributed by atoms with Crippen molar-refractivity contribution in [3.8, 4) is 0 Å². The third kappa shape index (κ3) is 8.17. The molecule has 0 rings (SSSR count). The second-order valence-corrected chi connectivity index (χ2v) is 21.2. The maximum absolute atomic E-state index is 6.99. The van der Waals surface area contributed by atoms with Gasteiger partial charge in [-0.3, -0.25) is 0 Å². The Kier molecular flexibility index (Phi) is 12.9. The highest BCUT2D eigenvalue weighted by atomic mass is 28.4. The SMILES string of the molecule is C=C[C@H](O[Si](C(C)C)(C(C)C)C(C)C)[C@H](CCCO[Si](C)(C)C(C)(C)C)OCOC. The highest BCUT2D eigenvalue weighted by molar-refractivity contribution is 6.77. The third-order valence-electron chi connectivity index (χ3n) is 6.95. The molecule has 30 heavy (non-hydrogen) atoms. The monoisotopic (exact) mass is 460 g/mol. The summed E-state index contributed by atoms with van der Waals surface area (Å²) in [7, 11) is -2.10. The molecule has 0 aliphatic carbocycles. The van der Waals surface area contributed by atoms with Gasteiger partial charge in [0.2, 0.25) is 8.32 Å². The first-order valence-electron chi connectivity index (χ1n) is 11.7. The summed E-state index contributed by atoms with van der Waals surface area (Å²) in [5.74, 6) is 0. The van der Waals surface area contributed by atoms with Gasteiger partial charge in [0, 0.05) is 13.7 Å². The van der Waals surface area contributed by atoms with Crippen LogP contribution in [-0.4, -0.2) is 49.4 Å². The Labute approximate surface area is 190 Å². The number of hydrogen-bond donors (Lipinski definition) is 0. The number of ether oxygens (including phenoxy) is 2. The molecule has 0 unspecified atom stereocenters. The van der Waals surface area contributed by atoms with Crippen LogP contribution in [0.4, 0.5) is 0 Å². The molecule has 0 saturated heterocycles. The van der Waals surface area contributed by atoms with Crippen LogP contribution in [0.2, 0.25) is 34.8 Å². The highest BCUT2D eigenvalue weighted by Gasteiger charge is 2.47. The van der Waals surface area contributed by atoms with Crippen molar-refractivity contribution in [1.82, 2.24) is 0 Å². The van der Waals surface area contributed by atoms with E-state index in [1.54, 1.807) is 7.11 Å². The van der Waals surface area contributed by atoms with Crippen molar-refractivity contribution in [1.29, 1.82) is 0 Å². The van der Waals surface area contributed by atoms with Crippen LogP contribution in [-0.2, 0) is 18.3 Å². The van der Waals surface area contributed by atoms with Gasteiger partial charge in [-0.05, 0) is 47.6 Å². The number of methoxy groups -OCH3 is 1. The van der Waals surface area contributed by atoms with E-state index in [9.17, 15) is 0 Å². The molecule has 0 saturated carbocycles. The average molecular weight is 461 g/mol. The second-order valence-electron chi connectivity index (χ2n) is 11.0. The van der Waals surface area contributed by atoms with E-state index in [1.807, 2.05) is 6.08 Å². The van der Waals surface area contributed by atoms with Crippen molar-refractivity contribution in [2.24, 2.45) is 0 Å². The summed E-state index contributed by atoms with van der Waals surface area (Å²) < 4.78 is 24.7. The molecule has 0 aliphatic heterocycles. The standard InChI is InChI=1S/C24H52O4Si2/c1-14-22(28-30(19(2)3,20(4)5)21(6)7)23(26-18-25-11)16-15-17-27-29(12,13)24(8,9)10/h14,19-23H,1,15-18H2,2-13H3/t22-,23-/m0/s1. The second kappa shape index (κ2) is 12.9. The molecule has 0 aromatic heterocycles. The Bertz CT molecular complexity index is 462. The molecular formula is C24H52O4Si2. The van der Waals surface area contributed by atoms with E-state index >= 15 is 0 Å². The molecule has 0 bridgehead atoms. The number of hydrogen-bond acceptors (Lipinski definition) is 4. The van der Waals surface area contributed by atoms with E-state index in [1.165, 1.54) is 0 Å². The van der Waals surface area contributed by atoms with Crippen LogP contribution in [0.25, 0.3) is 0 Å². The summed E-state index contributed by atoms with van der Waals surface area (Å²) in [6.07, 6.45) is 3.53. The van der Waals surface area contributed by atoms with Crippen molar-refractivity contribution in [3.63, 3.8) is 0 Å². The Morgan fingerprint density at radius 2 is 1.43 bits per heavy atom. The Morgan fingerprint density at radius 1 is 0.933 bits per heavy atom. The van der Waals surface area contributed by atoms with E-state index in [4.69, 9.17) is 18.3 Å². The maximum atomic E-state index is 6.99. The van der Waals surface area contributed by atoms with Crippen molar-refractivity contribution < 1.29 is 18.3 Å². The average Bonchev–Trinajstić information content (AvgIpc) is 2.60. The zero-order valence-corrected chi connectivity index (χ0v) is 24.1. The van der Waals surface area contributed by atoms with Crippen LogP contribution >= 0.6 is 0 Å². The van der Waals surface area contributed by atoms with Crippen molar-refractivity contribution >= 4 is 16.6 Å². The van der Waals surface area contributed by atoms with Gasteiger partial charge in [0.05, 0.1) is 12.2 Å². The lowest BCUT2D eigenvalue weighted by atomic mass is 10.1. The highest BCUT2D eigenvalue weighted by Crippen LogP contribution is 2.43. The fourth-order valence-electron chi connectivity index (χ4n) is 4.25. The van der Waals surface area contributed by atoms with Crippen LogP contribution in [0.15, 0.2) is 12.7 Å². The van der Waals surface area contributed by atoms with Crippen molar-refractivity contribution in [3.05, 3.63) is 12.7 Å². The van der Waals surface area contributed by atoms with E-state index in [-0.39, 0.29) is 24.0 Å². The third-order valence-corrected chi connectivity index (χ3v) is 17.6.